The first-order valence-electron chi connectivity index (χ1n) is 4.78. The molecule has 0 unspecified atom stereocenters. The van der Waals surface area contributed by atoms with Crippen molar-refractivity contribution in [2.45, 2.75) is 18.9 Å². The van der Waals surface area contributed by atoms with Crippen LogP contribution in [0.1, 0.15) is 18.0 Å². The summed E-state index contributed by atoms with van der Waals surface area (Å²) in [5, 5.41) is 0.922. The fourth-order valence-corrected chi connectivity index (χ4v) is 1.75. The average Bonchev–Trinajstić information content (AvgIpc) is 2.63. The van der Waals surface area contributed by atoms with Gasteiger partial charge in [-0.25, -0.2) is 8.78 Å². The van der Waals surface area contributed by atoms with Crippen LogP contribution in [0.2, 0.25) is 0 Å². The second-order valence-electron chi connectivity index (χ2n) is 3.52. The molecule has 2 nitrogen and oxygen atoms in total. The Balaban J connectivity index is 2.38. The number of nitrogens with one attached hydrogen (secondary N) is 1. The summed E-state index contributed by atoms with van der Waals surface area (Å²) in [5.41, 5.74) is 7.43. The van der Waals surface area contributed by atoms with E-state index in [4.69, 9.17) is 5.73 Å². The van der Waals surface area contributed by atoms with Crippen molar-refractivity contribution in [1.82, 2.24) is 4.98 Å². The molecule has 0 amide bonds. The van der Waals surface area contributed by atoms with Crippen LogP contribution >= 0.6 is 0 Å². The van der Waals surface area contributed by atoms with E-state index in [0.29, 0.717) is 0 Å². The summed E-state index contributed by atoms with van der Waals surface area (Å²) in [7, 11) is 0. The molecule has 4 heteroatoms. The van der Waals surface area contributed by atoms with Crippen molar-refractivity contribution < 1.29 is 8.78 Å². The number of halogens is 2. The molecular formula is C11H12F2N2. The Labute approximate surface area is 86.1 Å². The number of nitrogens with two attached hydrogens (primary N) is 1. The van der Waals surface area contributed by atoms with E-state index in [0.717, 1.165) is 16.5 Å². The van der Waals surface area contributed by atoms with Crippen molar-refractivity contribution in [1.29, 1.82) is 0 Å². The number of hydrogen-bond donors (Lipinski definition) is 2. The van der Waals surface area contributed by atoms with Gasteiger partial charge < -0.3 is 10.7 Å². The summed E-state index contributed by atoms with van der Waals surface area (Å²) >= 11 is 0. The monoisotopic (exact) mass is 210 g/mol. The molecule has 1 aromatic carbocycles. The standard InChI is InChI=1S/C11H12F2N2/c12-11(13)6-9(14)7-2-1-3-10-8(7)4-5-15-10/h1-5,9,11,15H,6,14H2/t9-/m0/s1. The molecular weight excluding hydrogens is 198 g/mol. The smallest absolute Gasteiger partial charge is 0.240 e. The summed E-state index contributed by atoms with van der Waals surface area (Å²) in [6.07, 6.45) is -0.887. The van der Waals surface area contributed by atoms with Crippen molar-refractivity contribution in [3.8, 4) is 0 Å². The zero-order valence-corrected chi connectivity index (χ0v) is 8.08. The van der Waals surface area contributed by atoms with Crippen LogP contribution < -0.4 is 5.73 Å². The number of benzene rings is 1. The maximum atomic E-state index is 12.2. The van der Waals surface area contributed by atoms with Gasteiger partial charge in [-0.1, -0.05) is 12.1 Å². The maximum Gasteiger partial charge on any atom is 0.240 e. The van der Waals surface area contributed by atoms with Gasteiger partial charge in [-0.15, -0.1) is 0 Å². The number of H-pyrrole nitrogens is 1. The minimum absolute atomic E-state index is 0.301. The first-order valence-corrected chi connectivity index (χ1v) is 4.78. The highest BCUT2D eigenvalue weighted by Gasteiger charge is 2.15. The fourth-order valence-electron chi connectivity index (χ4n) is 1.75. The Hall–Kier alpha value is -1.42. The van der Waals surface area contributed by atoms with E-state index in [1.807, 2.05) is 18.2 Å². The average molecular weight is 210 g/mol. The molecule has 1 heterocycles. The lowest BCUT2D eigenvalue weighted by Crippen LogP contribution is -2.14. The first kappa shape index (κ1) is 10.1. The van der Waals surface area contributed by atoms with Gasteiger partial charge in [-0.3, -0.25) is 0 Å². The number of aromatic nitrogens is 1. The van der Waals surface area contributed by atoms with Gasteiger partial charge in [0.2, 0.25) is 6.43 Å². The van der Waals surface area contributed by atoms with Gasteiger partial charge in [0.15, 0.2) is 0 Å². The summed E-state index contributed by atoms with van der Waals surface area (Å²) in [6.45, 7) is 0. The SMILES string of the molecule is N[C@@H](CC(F)F)c1cccc2[nH]ccc12. The molecule has 0 saturated carbocycles. The van der Waals surface area contributed by atoms with Crippen LogP contribution in [0.4, 0.5) is 8.78 Å². The molecule has 0 aliphatic heterocycles. The summed E-state index contributed by atoms with van der Waals surface area (Å²) in [6, 6.07) is 6.76. The third-order valence-electron chi connectivity index (χ3n) is 2.46. The number of aromatic amines is 1. The molecule has 0 fully saturated rings. The topological polar surface area (TPSA) is 41.8 Å². The van der Waals surface area contributed by atoms with Gasteiger partial charge in [0.05, 0.1) is 0 Å². The molecule has 0 aliphatic rings. The maximum absolute atomic E-state index is 12.2. The molecule has 0 bridgehead atoms. The van der Waals surface area contributed by atoms with E-state index < -0.39 is 12.5 Å². The third kappa shape index (κ3) is 1.99. The molecule has 80 valence electrons. The molecule has 1 atom stereocenters. The van der Waals surface area contributed by atoms with Crippen LogP contribution in [0.5, 0.6) is 0 Å². The van der Waals surface area contributed by atoms with Crippen molar-refractivity contribution in [3.05, 3.63) is 36.0 Å². The van der Waals surface area contributed by atoms with Gasteiger partial charge in [-0.05, 0) is 17.7 Å². The Morgan fingerprint density at radius 3 is 2.80 bits per heavy atom. The number of rotatable bonds is 3. The highest BCUT2D eigenvalue weighted by molar-refractivity contribution is 5.83. The van der Waals surface area contributed by atoms with Crippen molar-refractivity contribution in [2.24, 2.45) is 5.73 Å². The highest BCUT2D eigenvalue weighted by atomic mass is 19.3. The zero-order chi connectivity index (χ0) is 10.8. The second-order valence-corrected chi connectivity index (χ2v) is 3.52. The van der Waals surface area contributed by atoms with E-state index in [1.165, 1.54) is 0 Å². The van der Waals surface area contributed by atoms with Crippen LogP contribution in [0.3, 0.4) is 0 Å². The van der Waals surface area contributed by atoms with Crippen LogP contribution in [0.25, 0.3) is 10.9 Å². The molecule has 15 heavy (non-hydrogen) atoms. The molecule has 2 aromatic rings. The zero-order valence-electron chi connectivity index (χ0n) is 8.08. The molecule has 2 rings (SSSR count). The molecule has 1 aromatic heterocycles. The Bertz CT molecular complexity index is 451. The van der Waals surface area contributed by atoms with Crippen molar-refractivity contribution >= 4 is 10.9 Å². The number of fused-ring (bicyclic) bond motifs is 1. The predicted molar refractivity (Wildman–Crippen MR) is 55.8 cm³/mol. The molecule has 0 aliphatic carbocycles. The summed E-state index contributed by atoms with van der Waals surface area (Å²) in [4.78, 5) is 3.03. The van der Waals surface area contributed by atoms with Crippen molar-refractivity contribution in [3.63, 3.8) is 0 Å². The first-order chi connectivity index (χ1) is 7.18. The van der Waals surface area contributed by atoms with E-state index >= 15 is 0 Å². The van der Waals surface area contributed by atoms with E-state index in [9.17, 15) is 8.78 Å². The minimum Gasteiger partial charge on any atom is -0.361 e. The third-order valence-corrected chi connectivity index (χ3v) is 2.46. The summed E-state index contributed by atoms with van der Waals surface area (Å²) in [5.74, 6) is 0. The fraction of sp³-hybridized carbons (Fsp3) is 0.273. The van der Waals surface area contributed by atoms with Gasteiger partial charge in [0.25, 0.3) is 0 Å². The lowest BCUT2D eigenvalue weighted by atomic mass is 10.0. The number of alkyl halides is 2. The lowest BCUT2D eigenvalue weighted by Gasteiger charge is -2.12. The van der Waals surface area contributed by atoms with Crippen LogP contribution in [0, 0.1) is 0 Å². The Kier molecular flexibility index (Phi) is 2.68. The van der Waals surface area contributed by atoms with Crippen LogP contribution in [-0.2, 0) is 0 Å². The highest BCUT2D eigenvalue weighted by Crippen LogP contribution is 2.25. The molecule has 0 radical (unpaired) electrons. The number of hydrogen-bond acceptors (Lipinski definition) is 1. The second kappa shape index (κ2) is 3.98. The van der Waals surface area contributed by atoms with E-state index in [1.54, 1.807) is 12.3 Å². The van der Waals surface area contributed by atoms with Crippen LogP contribution in [0.15, 0.2) is 30.5 Å². The minimum atomic E-state index is -2.37. The Morgan fingerprint density at radius 1 is 1.27 bits per heavy atom. The lowest BCUT2D eigenvalue weighted by molar-refractivity contribution is 0.128. The van der Waals surface area contributed by atoms with Crippen LogP contribution in [-0.4, -0.2) is 11.4 Å². The molecule has 0 saturated heterocycles. The van der Waals surface area contributed by atoms with Gasteiger partial charge in [0.1, 0.15) is 0 Å². The predicted octanol–water partition coefficient (Wildman–Crippen LogP) is 2.82. The molecule has 3 N–H and O–H groups in total. The summed E-state index contributed by atoms with van der Waals surface area (Å²) < 4.78 is 24.4. The quantitative estimate of drug-likeness (QED) is 0.803. The van der Waals surface area contributed by atoms with E-state index in [-0.39, 0.29) is 6.42 Å². The largest absolute Gasteiger partial charge is 0.361 e. The Morgan fingerprint density at radius 2 is 2.07 bits per heavy atom. The van der Waals surface area contributed by atoms with Crippen molar-refractivity contribution in [2.75, 3.05) is 0 Å². The van der Waals surface area contributed by atoms with Gasteiger partial charge in [0, 0.05) is 29.6 Å². The van der Waals surface area contributed by atoms with E-state index in [2.05, 4.69) is 4.98 Å². The molecule has 0 spiro atoms. The normalized spacial score (nSPS) is 13.6. The van der Waals surface area contributed by atoms with Gasteiger partial charge in [-0.2, -0.15) is 0 Å². The van der Waals surface area contributed by atoms with Gasteiger partial charge >= 0.3 is 0 Å².